The molecular weight excluding hydrogens is 208 g/mol. The molecule has 0 amide bonds. The molecule has 0 bridgehead atoms. The van der Waals surface area contributed by atoms with Gasteiger partial charge in [-0.25, -0.2) is 14.3 Å². The van der Waals surface area contributed by atoms with Crippen LogP contribution >= 0.6 is 0 Å². The number of hydrogen-bond acceptors (Lipinski definition) is 4. The van der Waals surface area contributed by atoms with E-state index in [0.717, 1.165) is 0 Å². The Morgan fingerprint density at radius 2 is 1.80 bits per heavy atom. The van der Waals surface area contributed by atoms with Crippen LogP contribution in [-0.4, -0.2) is 19.4 Å². The Morgan fingerprint density at radius 3 is 2.27 bits per heavy atom. The third-order valence-corrected chi connectivity index (χ3v) is 1.90. The van der Waals surface area contributed by atoms with Gasteiger partial charge >= 0.3 is 0 Å². The molecule has 4 nitrogen and oxygen atoms in total. The van der Waals surface area contributed by atoms with Crippen LogP contribution in [-0.2, 0) is 6.54 Å². The van der Waals surface area contributed by atoms with E-state index in [4.69, 9.17) is 14.7 Å². The van der Waals surface area contributed by atoms with Crippen molar-refractivity contribution in [2.45, 2.75) is 6.54 Å². The topological polar surface area (TPSA) is 50.7 Å². The predicted molar refractivity (Wildman–Crippen MR) is 48.1 cm³/mol. The largest absolute Gasteiger partial charge is 0.492 e. The van der Waals surface area contributed by atoms with Gasteiger partial charge in [0.25, 0.3) is 0 Å². The van der Waals surface area contributed by atoms with Crippen molar-refractivity contribution < 1.29 is 23.5 Å². The van der Waals surface area contributed by atoms with E-state index in [1.54, 1.807) is 5.48 Å². The second-order valence-electron chi connectivity index (χ2n) is 2.72. The van der Waals surface area contributed by atoms with Crippen LogP contribution in [0.5, 0.6) is 11.5 Å². The van der Waals surface area contributed by atoms with Crippen molar-refractivity contribution in [1.82, 2.24) is 5.48 Å². The van der Waals surface area contributed by atoms with Crippen LogP contribution in [0.3, 0.4) is 0 Å². The molecule has 0 spiro atoms. The van der Waals surface area contributed by atoms with Gasteiger partial charge in [0.15, 0.2) is 17.3 Å². The Morgan fingerprint density at radius 1 is 1.20 bits per heavy atom. The fraction of sp³-hybridized carbons (Fsp3) is 0.333. The maximum atomic E-state index is 13.3. The summed E-state index contributed by atoms with van der Waals surface area (Å²) in [7, 11) is 2.51. The second kappa shape index (κ2) is 4.90. The minimum Gasteiger partial charge on any atom is -0.492 e. The monoisotopic (exact) mass is 219 g/mol. The molecule has 84 valence electrons. The highest BCUT2D eigenvalue weighted by Gasteiger charge is 2.19. The average Bonchev–Trinajstić information content (AvgIpc) is 2.21. The van der Waals surface area contributed by atoms with E-state index < -0.39 is 11.6 Å². The summed E-state index contributed by atoms with van der Waals surface area (Å²) in [6, 6.07) is 0.675. The van der Waals surface area contributed by atoms with Gasteiger partial charge < -0.3 is 14.7 Å². The minimum absolute atomic E-state index is 0.00162. The van der Waals surface area contributed by atoms with Crippen LogP contribution in [0.2, 0.25) is 0 Å². The van der Waals surface area contributed by atoms with Crippen molar-refractivity contribution in [1.29, 1.82) is 0 Å². The van der Waals surface area contributed by atoms with Crippen molar-refractivity contribution in [2.24, 2.45) is 0 Å². The maximum Gasteiger partial charge on any atom is 0.197 e. The van der Waals surface area contributed by atoms with Crippen LogP contribution < -0.4 is 15.0 Å². The lowest BCUT2D eigenvalue weighted by Crippen LogP contribution is -2.11. The van der Waals surface area contributed by atoms with Gasteiger partial charge in [0.1, 0.15) is 5.82 Å². The highest BCUT2D eigenvalue weighted by molar-refractivity contribution is 5.48. The van der Waals surface area contributed by atoms with Gasteiger partial charge in [-0.2, -0.15) is 0 Å². The highest BCUT2D eigenvalue weighted by Crippen LogP contribution is 2.35. The minimum atomic E-state index is -0.853. The molecule has 2 N–H and O–H groups in total. The number of nitrogens with one attached hydrogen (secondary N) is 1. The Bertz CT molecular complexity index is 358. The summed E-state index contributed by atoms with van der Waals surface area (Å²) >= 11 is 0. The number of halogens is 2. The van der Waals surface area contributed by atoms with Crippen LogP contribution in [0, 0.1) is 11.6 Å². The summed E-state index contributed by atoms with van der Waals surface area (Å²) < 4.78 is 36.0. The van der Waals surface area contributed by atoms with Gasteiger partial charge in [-0.15, -0.1) is 0 Å². The molecule has 6 heteroatoms. The molecule has 0 radical (unpaired) electrons. The first kappa shape index (κ1) is 11.7. The molecule has 0 saturated heterocycles. The van der Waals surface area contributed by atoms with E-state index in [2.05, 4.69) is 0 Å². The van der Waals surface area contributed by atoms with Crippen LogP contribution in [0.25, 0.3) is 0 Å². The quantitative estimate of drug-likeness (QED) is 0.753. The molecule has 0 aromatic heterocycles. The summed E-state index contributed by atoms with van der Waals surface area (Å²) in [5, 5.41) is 8.49. The maximum absolute atomic E-state index is 13.3. The normalized spacial score (nSPS) is 10.2. The first-order valence-corrected chi connectivity index (χ1v) is 4.11. The molecule has 0 aliphatic carbocycles. The Labute approximate surface area is 85.4 Å². The van der Waals surface area contributed by atoms with Gasteiger partial charge in [-0.3, -0.25) is 0 Å². The van der Waals surface area contributed by atoms with E-state index in [9.17, 15) is 8.78 Å². The molecule has 1 aromatic carbocycles. The fourth-order valence-corrected chi connectivity index (χ4v) is 1.27. The summed E-state index contributed by atoms with van der Waals surface area (Å²) in [4.78, 5) is 0. The molecule has 0 atom stereocenters. The molecular formula is C9H11F2NO3. The Kier molecular flexibility index (Phi) is 3.81. The molecule has 1 aromatic rings. The SMILES string of the molecule is COc1c(F)cc(F)c(CNO)c1OC. The number of ether oxygens (including phenoxy) is 2. The standard InChI is InChI=1S/C9H11F2NO3/c1-14-8-5(4-12-13)6(10)3-7(11)9(8)15-2/h3,12-13H,4H2,1-2H3. The smallest absolute Gasteiger partial charge is 0.197 e. The first-order valence-electron chi connectivity index (χ1n) is 4.11. The molecule has 0 aliphatic heterocycles. The Balaban J connectivity index is 3.35. The summed E-state index contributed by atoms with van der Waals surface area (Å²) in [5.41, 5.74) is 1.77. The Hall–Kier alpha value is -1.40. The summed E-state index contributed by atoms with van der Waals surface area (Å²) in [5.74, 6) is -1.93. The molecule has 15 heavy (non-hydrogen) atoms. The van der Waals surface area contributed by atoms with Gasteiger partial charge in [0.05, 0.1) is 26.3 Å². The molecule has 0 saturated carbocycles. The zero-order chi connectivity index (χ0) is 11.4. The van der Waals surface area contributed by atoms with E-state index >= 15 is 0 Å². The van der Waals surface area contributed by atoms with E-state index in [0.29, 0.717) is 6.07 Å². The lowest BCUT2D eigenvalue weighted by atomic mass is 10.1. The molecule has 1 rings (SSSR count). The third kappa shape index (κ3) is 2.16. The van der Waals surface area contributed by atoms with Crippen molar-refractivity contribution in [3.63, 3.8) is 0 Å². The zero-order valence-electron chi connectivity index (χ0n) is 8.30. The van der Waals surface area contributed by atoms with Crippen molar-refractivity contribution in [3.05, 3.63) is 23.3 Å². The number of benzene rings is 1. The van der Waals surface area contributed by atoms with Gasteiger partial charge in [-0.1, -0.05) is 0 Å². The van der Waals surface area contributed by atoms with Crippen molar-refractivity contribution in [3.8, 4) is 11.5 Å². The summed E-state index contributed by atoms with van der Waals surface area (Å²) in [6.45, 7) is -0.203. The lowest BCUT2D eigenvalue weighted by Gasteiger charge is -2.13. The molecule has 0 heterocycles. The van der Waals surface area contributed by atoms with Gasteiger partial charge in [0, 0.05) is 6.07 Å². The number of methoxy groups -OCH3 is 2. The molecule has 0 aliphatic rings. The number of hydrogen-bond donors (Lipinski definition) is 2. The zero-order valence-corrected chi connectivity index (χ0v) is 8.30. The number of rotatable bonds is 4. The van der Waals surface area contributed by atoms with E-state index in [1.807, 2.05) is 0 Å². The molecule has 0 unspecified atom stereocenters. The van der Waals surface area contributed by atoms with Crippen LogP contribution in [0.4, 0.5) is 8.78 Å². The third-order valence-electron chi connectivity index (χ3n) is 1.90. The van der Waals surface area contributed by atoms with Crippen LogP contribution in [0.1, 0.15) is 5.56 Å². The lowest BCUT2D eigenvalue weighted by molar-refractivity contribution is 0.158. The van der Waals surface area contributed by atoms with E-state index in [1.165, 1.54) is 14.2 Å². The highest BCUT2D eigenvalue weighted by atomic mass is 19.1. The number of hydroxylamine groups is 1. The fourth-order valence-electron chi connectivity index (χ4n) is 1.27. The van der Waals surface area contributed by atoms with Gasteiger partial charge in [-0.05, 0) is 0 Å². The molecule has 0 fully saturated rings. The average molecular weight is 219 g/mol. The van der Waals surface area contributed by atoms with Gasteiger partial charge in [0.2, 0.25) is 0 Å². The van der Waals surface area contributed by atoms with Crippen molar-refractivity contribution in [2.75, 3.05) is 14.2 Å². The van der Waals surface area contributed by atoms with Crippen LogP contribution in [0.15, 0.2) is 6.07 Å². The predicted octanol–water partition coefficient (Wildman–Crippen LogP) is 1.46. The summed E-state index contributed by atoms with van der Waals surface area (Å²) in [6.07, 6.45) is 0. The first-order chi connectivity index (χ1) is 7.15. The van der Waals surface area contributed by atoms with Crippen molar-refractivity contribution >= 4 is 0 Å². The second-order valence-corrected chi connectivity index (χ2v) is 2.72. The van der Waals surface area contributed by atoms with E-state index in [-0.39, 0.29) is 23.6 Å².